The molecule has 7 nitrogen and oxygen atoms in total. The normalized spacial score (nSPS) is 11.0. The number of benzene rings is 7. The fourth-order valence-corrected chi connectivity index (χ4v) is 7.41. The molecule has 282 valence electrons. The molecule has 60 heavy (non-hydrogen) atoms. The Morgan fingerprint density at radius 2 is 0.517 bits per heavy atom. The molecular weight excluding hydrogens is 735 g/mol. The summed E-state index contributed by atoms with van der Waals surface area (Å²) < 4.78 is 0. The first-order valence-corrected chi connectivity index (χ1v) is 19.7. The van der Waals surface area contributed by atoms with Crippen LogP contribution in [0.3, 0.4) is 0 Å². The Bertz CT molecular complexity index is 2950. The third-order valence-electron chi connectivity index (χ3n) is 10.3. The van der Waals surface area contributed by atoms with Crippen molar-refractivity contribution in [3.63, 3.8) is 0 Å². The summed E-state index contributed by atoms with van der Waals surface area (Å²) in [6.45, 7) is 0. The molecular formula is C53H35N7. The van der Waals surface area contributed by atoms with E-state index in [1.54, 1.807) is 0 Å². The fraction of sp³-hybridized carbons (Fsp3) is 0. The second kappa shape index (κ2) is 16.3. The van der Waals surface area contributed by atoms with Crippen molar-refractivity contribution >= 4 is 0 Å². The summed E-state index contributed by atoms with van der Waals surface area (Å²) in [7, 11) is 0. The van der Waals surface area contributed by atoms with Crippen molar-refractivity contribution in [3.05, 3.63) is 213 Å². The summed E-state index contributed by atoms with van der Waals surface area (Å²) >= 11 is 0. The van der Waals surface area contributed by atoms with E-state index >= 15 is 0 Å². The second-order valence-corrected chi connectivity index (χ2v) is 14.2. The molecule has 7 heteroatoms. The van der Waals surface area contributed by atoms with E-state index in [-0.39, 0.29) is 0 Å². The lowest BCUT2D eigenvalue weighted by Gasteiger charge is -2.18. The van der Waals surface area contributed by atoms with E-state index in [0.29, 0.717) is 34.9 Å². The van der Waals surface area contributed by atoms with Crippen LogP contribution in [0.25, 0.3) is 102 Å². The third-order valence-corrected chi connectivity index (χ3v) is 10.3. The molecule has 0 N–H and O–H groups in total. The summed E-state index contributed by atoms with van der Waals surface area (Å²) in [5.74, 6) is 3.56. The zero-order valence-electron chi connectivity index (χ0n) is 32.3. The predicted octanol–water partition coefficient (Wildman–Crippen LogP) is 12.5. The standard InChI is InChI=1S/C53H35N7/c1-5-17-37(18-6-1)48-55-49(38-19-7-2-8-20-38)58-52(57-48)45-27-15-13-25-42(45)44-30-29-41(36-31-33-54-34-32-36)35-47(44)43-26-14-16-28-46(43)53-59-50(39-21-9-3-10-22-39)56-51(60-53)40-23-11-4-12-24-40/h1-35H. The number of nitrogens with zero attached hydrogens (tertiary/aromatic N) is 7. The highest BCUT2D eigenvalue weighted by Crippen LogP contribution is 2.43. The van der Waals surface area contributed by atoms with Gasteiger partial charge in [0, 0.05) is 45.8 Å². The van der Waals surface area contributed by atoms with Gasteiger partial charge in [-0.1, -0.05) is 182 Å². The van der Waals surface area contributed by atoms with E-state index in [1.165, 1.54) is 0 Å². The van der Waals surface area contributed by atoms with E-state index in [4.69, 9.17) is 29.9 Å². The van der Waals surface area contributed by atoms with Crippen LogP contribution in [0, 0.1) is 0 Å². The summed E-state index contributed by atoms with van der Waals surface area (Å²) in [6.07, 6.45) is 3.64. The maximum Gasteiger partial charge on any atom is 0.164 e. The first kappa shape index (κ1) is 36.1. The number of aromatic nitrogens is 7. The van der Waals surface area contributed by atoms with Gasteiger partial charge in [-0.05, 0) is 51.6 Å². The highest BCUT2D eigenvalue weighted by molar-refractivity contribution is 5.96. The molecule has 0 aliphatic carbocycles. The Balaban J connectivity index is 1.20. The van der Waals surface area contributed by atoms with Crippen molar-refractivity contribution in [2.75, 3.05) is 0 Å². The van der Waals surface area contributed by atoms with E-state index in [9.17, 15) is 0 Å². The average Bonchev–Trinajstić information content (AvgIpc) is 3.35. The molecule has 0 unspecified atom stereocenters. The van der Waals surface area contributed by atoms with Gasteiger partial charge in [-0.2, -0.15) is 0 Å². The molecule has 3 heterocycles. The topological polar surface area (TPSA) is 90.2 Å². The van der Waals surface area contributed by atoms with Gasteiger partial charge in [0.15, 0.2) is 34.9 Å². The van der Waals surface area contributed by atoms with Crippen LogP contribution >= 0.6 is 0 Å². The molecule has 0 aliphatic rings. The molecule has 0 saturated heterocycles. The zero-order chi connectivity index (χ0) is 40.1. The summed E-state index contributed by atoms with van der Waals surface area (Å²) in [4.78, 5) is 34.8. The van der Waals surface area contributed by atoms with Crippen LogP contribution < -0.4 is 0 Å². The Labute approximate surface area is 347 Å². The molecule has 0 atom stereocenters. The van der Waals surface area contributed by atoms with Crippen LogP contribution in [0.4, 0.5) is 0 Å². The number of rotatable bonds is 9. The molecule has 0 aliphatic heterocycles. The van der Waals surface area contributed by atoms with Crippen LogP contribution in [-0.2, 0) is 0 Å². The van der Waals surface area contributed by atoms with Gasteiger partial charge in [0.25, 0.3) is 0 Å². The van der Waals surface area contributed by atoms with Crippen molar-refractivity contribution in [1.29, 1.82) is 0 Å². The van der Waals surface area contributed by atoms with Gasteiger partial charge in [0.1, 0.15) is 0 Å². The molecule has 0 amide bonds. The van der Waals surface area contributed by atoms with Gasteiger partial charge in [-0.3, -0.25) is 4.98 Å². The molecule has 7 aromatic carbocycles. The minimum atomic E-state index is 0.573. The van der Waals surface area contributed by atoms with Crippen LogP contribution in [0.1, 0.15) is 0 Å². The van der Waals surface area contributed by atoms with Gasteiger partial charge >= 0.3 is 0 Å². The first-order valence-electron chi connectivity index (χ1n) is 19.7. The van der Waals surface area contributed by atoms with Crippen LogP contribution in [-0.4, -0.2) is 34.9 Å². The van der Waals surface area contributed by atoms with E-state index in [1.807, 2.05) is 158 Å². The average molecular weight is 770 g/mol. The zero-order valence-corrected chi connectivity index (χ0v) is 32.3. The van der Waals surface area contributed by atoms with Crippen LogP contribution in [0.5, 0.6) is 0 Å². The fourth-order valence-electron chi connectivity index (χ4n) is 7.41. The lowest BCUT2D eigenvalue weighted by atomic mass is 9.87. The smallest absolute Gasteiger partial charge is 0.164 e. The molecule has 0 spiro atoms. The lowest BCUT2D eigenvalue weighted by molar-refractivity contribution is 1.07. The number of pyridine rings is 1. The second-order valence-electron chi connectivity index (χ2n) is 14.2. The Morgan fingerprint density at radius 3 is 0.917 bits per heavy atom. The summed E-state index contributed by atoms with van der Waals surface area (Å²) in [5.41, 5.74) is 11.4. The number of hydrogen-bond acceptors (Lipinski definition) is 7. The minimum absolute atomic E-state index is 0.573. The van der Waals surface area contributed by atoms with Gasteiger partial charge < -0.3 is 0 Å². The maximum absolute atomic E-state index is 5.15. The SMILES string of the molecule is c1ccc(-c2nc(-c3ccccc3)nc(-c3ccccc3-c3ccc(-c4ccncc4)cc3-c3ccccc3-c3nc(-c4ccccc4)nc(-c4ccccc4)n3)n2)cc1. The minimum Gasteiger partial charge on any atom is -0.265 e. The lowest BCUT2D eigenvalue weighted by Crippen LogP contribution is -2.02. The molecule has 3 aromatic heterocycles. The summed E-state index contributed by atoms with van der Waals surface area (Å²) in [5, 5.41) is 0. The molecule has 0 radical (unpaired) electrons. The largest absolute Gasteiger partial charge is 0.265 e. The van der Waals surface area contributed by atoms with Crippen molar-refractivity contribution < 1.29 is 0 Å². The molecule has 0 fully saturated rings. The van der Waals surface area contributed by atoms with Crippen molar-refractivity contribution in [2.24, 2.45) is 0 Å². The molecule has 10 rings (SSSR count). The van der Waals surface area contributed by atoms with E-state index in [0.717, 1.165) is 66.8 Å². The highest BCUT2D eigenvalue weighted by atomic mass is 15.0. The van der Waals surface area contributed by atoms with Gasteiger partial charge in [0.2, 0.25) is 0 Å². The van der Waals surface area contributed by atoms with Crippen LogP contribution in [0.2, 0.25) is 0 Å². The van der Waals surface area contributed by atoms with Gasteiger partial charge in [0.05, 0.1) is 0 Å². The quantitative estimate of drug-likeness (QED) is 0.144. The molecule has 0 bridgehead atoms. The molecule has 10 aromatic rings. The van der Waals surface area contributed by atoms with Crippen LogP contribution in [0.15, 0.2) is 213 Å². The Hall–Kier alpha value is -8.29. The first-order chi connectivity index (χ1) is 29.7. The highest BCUT2D eigenvalue weighted by Gasteiger charge is 2.21. The molecule has 0 saturated carbocycles. The van der Waals surface area contributed by atoms with Gasteiger partial charge in [-0.25, -0.2) is 29.9 Å². The maximum atomic E-state index is 5.15. The van der Waals surface area contributed by atoms with E-state index < -0.39 is 0 Å². The van der Waals surface area contributed by atoms with Crippen molar-refractivity contribution in [1.82, 2.24) is 34.9 Å². The van der Waals surface area contributed by atoms with E-state index in [2.05, 4.69) is 59.6 Å². The predicted molar refractivity (Wildman–Crippen MR) is 240 cm³/mol. The third kappa shape index (κ3) is 7.35. The number of hydrogen-bond donors (Lipinski definition) is 0. The Morgan fingerprint density at radius 1 is 0.200 bits per heavy atom. The Kier molecular flexibility index (Phi) is 9.79. The van der Waals surface area contributed by atoms with Gasteiger partial charge in [-0.15, -0.1) is 0 Å². The monoisotopic (exact) mass is 769 g/mol. The van der Waals surface area contributed by atoms with Crippen molar-refractivity contribution in [3.8, 4) is 102 Å². The summed E-state index contributed by atoms with van der Waals surface area (Å²) in [6, 6.07) is 67.5. The van der Waals surface area contributed by atoms with Crippen molar-refractivity contribution in [2.45, 2.75) is 0 Å².